The molecule has 4 nitrogen and oxygen atoms in total. The summed E-state index contributed by atoms with van der Waals surface area (Å²) in [5.41, 5.74) is 7.44. The molecule has 1 aromatic heterocycles. The first kappa shape index (κ1) is 13.0. The molecule has 1 heterocycles. The van der Waals surface area contributed by atoms with Crippen LogP contribution in [0.5, 0.6) is 0 Å². The third-order valence-corrected chi connectivity index (χ3v) is 3.66. The van der Waals surface area contributed by atoms with Crippen LogP contribution in [0.3, 0.4) is 0 Å². The maximum atomic E-state index is 12.0. The Balaban J connectivity index is 1.93. The quantitative estimate of drug-likeness (QED) is 0.821. The highest BCUT2D eigenvalue weighted by molar-refractivity contribution is 5.79. The molecule has 98 valence electrons. The Morgan fingerprint density at radius 1 is 1.56 bits per heavy atom. The minimum absolute atomic E-state index is 0.0282. The average Bonchev–Trinajstić information content (AvgIpc) is 3.16. The van der Waals surface area contributed by atoms with Crippen LogP contribution in [0.2, 0.25) is 0 Å². The van der Waals surface area contributed by atoms with Crippen LogP contribution < -0.4 is 11.1 Å². The highest BCUT2D eigenvalue weighted by atomic mass is 16.1. The lowest BCUT2D eigenvalue weighted by Crippen LogP contribution is -2.53. The molecule has 18 heavy (non-hydrogen) atoms. The normalized spacial score (nSPS) is 18.2. The van der Waals surface area contributed by atoms with Crippen molar-refractivity contribution in [3.63, 3.8) is 0 Å². The van der Waals surface area contributed by atoms with Crippen molar-refractivity contribution in [2.45, 2.75) is 38.6 Å². The van der Waals surface area contributed by atoms with Gasteiger partial charge in [0.25, 0.3) is 0 Å². The van der Waals surface area contributed by atoms with E-state index in [9.17, 15) is 4.79 Å². The zero-order chi connectivity index (χ0) is 13.2. The van der Waals surface area contributed by atoms with Gasteiger partial charge in [0, 0.05) is 18.4 Å². The molecule has 0 spiro atoms. The Labute approximate surface area is 108 Å². The molecule has 1 fully saturated rings. The minimum atomic E-state index is -0.241. The summed E-state index contributed by atoms with van der Waals surface area (Å²) in [5.74, 6) is 0.572. The van der Waals surface area contributed by atoms with Crippen LogP contribution in [0.15, 0.2) is 18.3 Å². The molecule has 0 saturated heterocycles. The second-order valence-corrected chi connectivity index (χ2v) is 5.43. The Morgan fingerprint density at radius 2 is 2.28 bits per heavy atom. The fraction of sp³-hybridized carbons (Fsp3) is 0.571. The van der Waals surface area contributed by atoms with E-state index in [1.807, 2.05) is 26.0 Å². The summed E-state index contributed by atoms with van der Waals surface area (Å²) >= 11 is 0. The molecule has 3 N–H and O–H groups in total. The van der Waals surface area contributed by atoms with E-state index >= 15 is 0 Å². The molecule has 1 amide bonds. The van der Waals surface area contributed by atoms with Gasteiger partial charge >= 0.3 is 0 Å². The van der Waals surface area contributed by atoms with E-state index in [2.05, 4.69) is 10.3 Å². The smallest absolute Gasteiger partial charge is 0.224 e. The Kier molecular flexibility index (Phi) is 3.66. The molecule has 0 aliphatic heterocycles. The molecule has 1 aliphatic rings. The molecule has 1 aliphatic carbocycles. The van der Waals surface area contributed by atoms with E-state index in [0.29, 0.717) is 18.9 Å². The van der Waals surface area contributed by atoms with E-state index < -0.39 is 0 Å². The van der Waals surface area contributed by atoms with Crippen LogP contribution in [-0.4, -0.2) is 23.0 Å². The van der Waals surface area contributed by atoms with Crippen molar-refractivity contribution in [1.29, 1.82) is 0 Å². The van der Waals surface area contributed by atoms with Crippen LogP contribution in [0.1, 0.15) is 31.0 Å². The zero-order valence-electron chi connectivity index (χ0n) is 11.1. The summed E-state index contributed by atoms with van der Waals surface area (Å²) in [4.78, 5) is 16.2. The number of pyridine rings is 1. The molecule has 0 aromatic carbocycles. The number of aromatic nitrogens is 1. The summed E-state index contributed by atoms with van der Waals surface area (Å²) in [6.07, 6.45) is 4.46. The summed E-state index contributed by atoms with van der Waals surface area (Å²) in [6, 6.07) is 3.87. The van der Waals surface area contributed by atoms with Crippen LogP contribution in [0, 0.1) is 12.8 Å². The van der Waals surface area contributed by atoms with Crippen molar-refractivity contribution in [3.8, 4) is 0 Å². The van der Waals surface area contributed by atoms with Gasteiger partial charge in [-0.2, -0.15) is 0 Å². The number of amides is 1. The zero-order valence-corrected chi connectivity index (χ0v) is 11.1. The fourth-order valence-electron chi connectivity index (χ4n) is 2.19. The third kappa shape index (κ3) is 3.07. The fourth-order valence-corrected chi connectivity index (χ4v) is 2.19. The molecule has 1 atom stereocenters. The van der Waals surface area contributed by atoms with Gasteiger partial charge in [0.2, 0.25) is 5.91 Å². The van der Waals surface area contributed by atoms with Gasteiger partial charge in [0.05, 0.1) is 12.0 Å². The maximum Gasteiger partial charge on any atom is 0.224 e. The van der Waals surface area contributed by atoms with Crippen molar-refractivity contribution in [2.24, 2.45) is 11.7 Å². The number of carbonyl (C=O) groups is 1. The number of nitrogens with two attached hydrogens (primary N) is 1. The second kappa shape index (κ2) is 5.06. The number of carbonyl (C=O) groups excluding carboxylic acids is 1. The van der Waals surface area contributed by atoms with Crippen LogP contribution >= 0.6 is 0 Å². The highest BCUT2D eigenvalue weighted by Crippen LogP contribution is 2.38. The van der Waals surface area contributed by atoms with E-state index in [1.165, 1.54) is 12.8 Å². The predicted octanol–water partition coefficient (Wildman–Crippen LogP) is 1.18. The van der Waals surface area contributed by atoms with Crippen molar-refractivity contribution >= 4 is 5.91 Å². The first-order chi connectivity index (χ1) is 8.53. The number of nitrogens with zero attached hydrogens (tertiary/aromatic N) is 1. The molecule has 1 unspecified atom stereocenters. The van der Waals surface area contributed by atoms with Crippen LogP contribution in [0.4, 0.5) is 0 Å². The van der Waals surface area contributed by atoms with Crippen LogP contribution in [0.25, 0.3) is 0 Å². The van der Waals surface area contributed by atoms with Crippen molar-refractivity contribution in [1.82, 2.24) is 10.3 Å². The topological polar surface area (TPSA) is 68.0 Å². The lowest BCUT2D eigenvalue weighted by molar-refractivity contribution is -0.122. The van der Waals surface area contributed by atoms with E-state index in [4.69, 9.17) is 5.73 Å². The van der Waals surface area contributed by atoms with Gasteiger partial charge in [-0.1, -0.05) is 6.07 Å². The van der Waals surface area contributed by atoms with Gasteiger partial charge in [0.1, 0.15) is 0 Å². The number of rotatable bonds is 5. The molecule has 4 heteroatoms. The second-order valence-electron chi connectivity index (χ2n) is 5.43. The predicted molar refractivity (Wildman–Crippen MR) is 71.0 cm³/mol. The van der Waals surface area contributed by atoms with Crippen molar-refractivity contribution in [3.05, 3.63) is 29.6 Å². The molecular formula is C14H21N3O. The number of hydrogen-bond donors (Lipinski definition) is 2. The molecule has 2 rings (SSSR count). The van der Waals surface area contributed by atoms with Crippen molar-refractivity contribution < 1.29 is 4.79 Å². The summed E-state index contributed by atoms with van der Waals surface area (Å²) in [6.45, 7) is 4.47. The Bertz CT molecular complexity index is 425. The van der Waals surface area contributed by atoms with Gasteiger partial charge in [0.15, 0.2) is 0 Å². The van der Waals surface area contributed by atoms with Gasteiger partial charge in [-0.3, -0.25) is 9.78 Å². The lowest BCUT2D eigenvalue weighted by atomic mass is 9.95. The third-order valence-electron chi connectivity index (χ3n) is 3.66. The van der Waals surface area contributed by atoms with E-state index in [1.54, 1.807) is 6.20 Å². The van der Waals surface area contributed by atoms with Gasteiger partial charge in [-0.05, 0) is 44.2 Å². The summed E-state index contributed by atoms with van der Waals surface area (Å²) < 4.78 is 0. The first-order valence-electron chi connectivity index (χ1n) is 6.46. The Morgan fingerprint density at radius 3 is 2.78 bits per heavy atom. The maximum absolute atomic E-state index is 12.0. The van der Waals surface area contributed by atoms with Gasteiger partial charge in [-0.25, -0.2) is 0 Å². The molecular weight excluding hydrogens is 226 g/mol. The largest absolute Gasteiger partial charge is 0.349 e. The Hall–Kier alpha value is -1.42. The number of hydrogen-bond acceptors (Lipinski definition) is 3. The molecule has 0 bridgehead atoms. The van der Waals surface area contributed by atoms with Gasteiger partial charge < -0.3 is 11.1 Å². The SMILES string of the molecule is Cc1ccc(CC(=O)NC(C)(CN)C2CC2)cn1. The van der Waals surface area contributed by atoms with Crippen molar-refractivity contribution in [2.75, 3.05) is 6.54 Å². The van der Waals surface area contributed by atoms with E-state index in [-0.39, 0.29) is 11.4 Å². The first-order valence-corrected chi connectivity index (χ1v) is 6.46. The standard InChI is InChI=1S/C14H21N3O/c1-10-3-4-11(8-16-10)7-13(18)17-14(2,9-15)12-5-6-12/h3-4,8,12H,5-7,9,15H2,1-2H3,(H,17,18). The summed E-state index contributed by atoms with van der Waals surface area (Å²) in [7, 11) is 0. The van der Waals surface area contributed by atoms with E-state index in [0.717, 1.165) is 11.3 Å². The van der Waals surface area contributed by atoms with Crippen LogP contribution in [-0.2, 0) is 11.2 Å². The highest BCUT2D eigenvalue weighted by Gasteiger charge is 2.41. The molecule has 1 saturated carbocycles. The average molecular weight is 247 g/mol. The lowest BCUT2D eigenvalue weighted by Gasteiger charge is -2.29. The molecule has 1 aromatic rings. The monoisotopic (exact) mass is 247 g/mol. The van der Waals surface area contributed by atoms with Gasteiger partial charge in [-0.15, -0.1) is 0 Å². The number of aryl methyl sites for hydroxylation is 1. The molecule has 0 radical (unpaired) electrons. The minimum Gasteiger partial charge on any atom is -0.349 e. The number of nitrogens with one attached hydrogen (secondary N) is 1. The summed E-state index contributed by atoms with van der Waals surface area (Å²) in [5, 5.41) is 3.08.